The Balaban J connectivity index is 2.54. The number of nitrogen functional groups attached to an aromatic ring is 1. The van der Waals surface area contributed by atoms with E-state index in [4.69, 9.17) is 5.73 Å². The normalized spacial score (nSPS) is 10.4. The second kappa shape index (κ2) is 5.20. The smallest absolute Gasteiger partial charge is 0.343 e. The van der Waals surface area contributed by atoms with Gasteiger partial charge in [-0.05, 0) is 25.1 Å². The van der Waals surface area contributed by atoms with Gasteiger partial charge in [-0.15, -0.1) is 0 Å². The van der Waals surface area contributed by atoms with Crippen molar-refractivity contribution in [2.75, 3.05) is 12.8 Å². The van der Waals surface area contributed by atoms with Crippen molar-refractivity contribution < 1.29 is 18.3 Å². The van der Waals surface area contributed by atoms with E-state index in [0.29, 0.717) is 5.69 Å². The molecule has 1 heterocycles. The summed E-state index contributed by atoms with van der Waals surface area (Å²) >= 11 is 0. The van der Waals surface area contributed by atoms with Gasteiger partial charge >= 0.3 is 5.97 Å². The van der Waals surface area contributed by atoms with E-state index >= 15 is 0 Å². The average molecular weight is 279 g/mol. The number of nitrogens with zero attached hydrogens (tertiary/aromatic N) is 2. The van der Waals surface area contributed by atoms with Crippen LogP contribution < -0.4 is 5.73 Å². The van der Waals surface area contributed by atoms with Gasteiger partial charge in [0.2, 0.25) is 0 Å². The Morgan fingerprint density at radius 3 is 2.50 bits per heavy atom. The van der Waals surface area contributed by atoms with Crippen LogP contribution in [0.15, 0.2) is 18.2 Å². The molecule has 20 heavy (non-hydrogen) atoms. The van der Waals surface area contributed by atoms with E-state index in [2.05, 4.69) is 14.7 Å². The molecular formula is C13H11F2N3O2. The number of benzene rings is 1. The van der Waals surface area contributed by atoms with Crippen molar-refractivity contribution in [2.24, 2.45) is 0 Å². The Kier molecular flexibility index (Phi) is 3.60. The number of carbonyl (C=O) groups is 1. The first-order chi connectivity index (χ1) is 9.43. The highest BCUT2D eigenvalue weighted by atomic mass is 19.2. The summed E-state index contributed by atoms with van der Waals surface area (Å²) in [6.07, 6.45) is 0. The first-order valence-corrected chi connectivity index (χ1v) is 5.62. The van der Waals surface area contributed by atoms with Crippen molar-refractivity contribution in [3.8, 4) is 11.4 Å². The quantitative estimate of drug-likeness (QED) is 0.852. The predicted molar refractivity (Wildman–Crippen MR) is 67.9 cm³/mol. The zero-order valence-corrected chi connectivity index (χ0v) is 10.8. The molecule has 2 rings (SSSR count). The molecule has 0 atom stereocenters. The molecule has 0 saturated carbocycles. The molecule has 0 amide bonds. The van der Waals surface area contributed by atoms with Gasteiger partial charge in [0.25, 0.3) is 0 Å². The third-order valence-electron chi connectivity index (χ3n) is 2.69. The number of methoxy groups -OCH3 is 1. The number of hydrogen-bond donors (Lipinski definition) is 1. The molecule has 0 aliphatic carbocycles. The number of aryl methyl sites for hydroxylation is 1. The minimum absolute atomic E-state index is 0.0545. The average Bonchev–Trinajstić information content (AvgIpc) is 2.40. The fourth-order valence-corrected chi connectivity index (χ4v) is 1.71. The molecule has 0 radical (unpaired) electrons. The number of esters is 1. The number of rotatable bonds is 2. The zero-order chi connectivity index (χ0) is 14.9. The number of halogens is 2. The van der Waals surface area contributed by atoms with Crippen LogP contribution in [0.25, 0.3) is 11.4 Å². The highest BCUT2D eigenvalue weighted by molar-refractivity contribution is 5.95. The summed E-state index contributed by atoms with van der Waals surface area (Å²) in [5.41, 5.74) is 6.29. The predicted octanol–water partition coefficient (Wildman–Crippen LogP) is 2.10. The summed E-state index contributed by atoms with van der Waals surface area (Å²) in [7, 11) is 1.21. The fraction of sp³-hybridized carbons (Fsp3) is 0.154. The lowest BCUT2D eigenvalue weighted by Crippen LogP contribution is -2.12. The van der Waals surface area contributed by atoms with E-state index in [1.807, 2.05) is 0 Å². The summed E-state index contributed by atoms with van der Waals surface area (Å²) in [5.74, 6) is -2.61. The largest absolute Gasteiger partial charge is 0.465 e. The van der Waals surface area contributed by atoms with Crippen LogP contribution in [0.5, 0.6) is 0 Å². The second-order valence-electron chi connectivity index (χ2n) is 4.01. The summed E-state index contributed by atoms with van der Waals surface area (Å²) in [4.78, 5) is 19.5. The first-order valence-electron chi connectivity index (χ1n) is 5.62. The Bertz CT molecular complexity index is 666. The number of aromatic nitrogens is 2. The van der Waals surface area contributed by atoms with Gasteiger partial charge in [-0.2, -0.15) is 0 Å². The SMILES string of the molecule is COC(=O)c1c(C)nc(-c2ccc(F)c(F)c2)nc1N. The molecule has 2 aromatic rings. The second-order valence-corrected chi connectivity index (χ2v) is 4.01. The minimum Gasteiger partial charge on any atom is -0.465 e. The molecule has 104 valence electrons. The van der Waals surface area contributed by atoms with Crippen LogP contribution in [0.3, 0.4) is 0 Å². The molecule has 5 nitrogen and oxygen atoms in total. The molecule has 0 bridgehead atoms. The van der Waals surface area contributed by atoms with Crippen LogP contribution in [0.4, 0.5) is 14.6 Å². The zero-order valence-electron chi connectivity index (χ0n) is 10.8. The van der Waals surface area contributed by atoms with Gasteiger partial charge in [0, 0.05) is 5.56 Å². The van der Waals surface area contributed by atoms with Crippen molar-refractivity contribution in [2.45, 2.75) is 6.92 Å². The highest BCUT2D eigenvalue weighted by Crippen LogP contribution is 2.22. The summed E-state index contributed by atoms with van der Waals surface area (Å²) in [5, 5.41) is 0. The van der Waals surface area contributed by atoms with Crippen LogP contribution in [-0.2, 0) is 4.74 Å². The van der Waals surface area contributed by atoms with Gasteiger partial charge in [0.1, 0.15) is 11.4 Å². The van der Waals surface area contributed by atoms with E-state index in [1.54, 1.807) is 6.92 Å². The fourth-order valence-electron chi connectivity index (χ4n) is 1.71. The van der Waals surface area contributed by atoms with Gasteiger partial charge in [0.05, 0.1) is 12.8 Å². The van der Waals surface area contributed by atoms with Crippen molar-refractivity contribution in [3.63, 3.8) is 0 Å². The van der Waals surface area contributed by atoms with Gasteiger partial charge in [0.15, 0.2) is 17.5 Å². The van der Waals surface area contributed by atoms with Crippen molar-refractivity contribution in [3.05, 3.63) is 41.1 Å². The van der Waals surface area contributed by atoms with Gasteiger partial charge in [-0.1, -0.05) is 0 Å². The van der Waals surface area contributed by atoms with Crippen LogP contribution >= 0.6 is 0 Å². The molecular weight excluding hydrogens is 268 g/mol. The summed E-state index contributed by atoms with van der Waals surface area (Å²) in [6, 6.07) is 3.25. The number of hydrogen-bond acceptors (Lipinski definition) is 5. The minimum atomic E-state index is -1.01. The van der Waals surface area contributed by atoms with E-state index in [0.717, 1.165) is 12.1 Å². The molecule has 0 unspecified atom stereocenters. The third-order valence-corrected chi connectivity index (χ3v) is 2.69. The molecule has 1 aromatic heterocycles. The first kappa shape index (κ1) is 13.9. The van der Waals surface area contributed by atoms with Crippen LogP contribution in [0, 0.1) is 18.6 Å². The maximum absolute atomic E-state index is 13.2. The van der Waals surface area contributed by atoms with Crippen LogP contribution in [0.2, 0.25) is 0 Å². The van der Waals surface area contributed by atoms with E-state index in [1.165, 1.54) is 13.2 Å². The van der Waals surface area contributed by atoms with Crippen molar-refractivity contribution >= 4 is 11.8 Å². The van der Waals surface area contributed by atoms with Gasteiger partial charge in [-0.3, -0.25) is 0 Å². The molecule has 1 aromatic carbocycles. The molecule has 0 fully saturated rings. The molecule has 0 spiro atoms. The molecule has 0 aliphatic rings. The molecule has 0 saturated heterocycles. The van der Waals surface area contributed by atoms with Gasteiger partial charge in [-0.25, -0.2) is 23.5 Å². The van der Waals surface area contributed by atoms with E-state index in [-0.39, 0.29) is 22.8 Å². The Labute approximate surface area is 113 Å². The number of nitrogens with two attached hydrogens (primary N) is 1. The van der Waals surface area contributed by atoms with Gasteiger partial charge < -0.3 is 10.5 Å². The highest BCUT2D eigenvalue weighted by Gasteiger charge is 2.18. The number of carbonyl (C=O) groups excluding carboxylic acids is 1. The maximum Gasteiger partial charge on any atom is 0.343 e. The van der Waals surface area contributed by atoms with E-state index in [9.17, 15) is 13.6 Å². The van der Waals surface area contributed by atoms with E-state index < -0.39 is 17.6 Å². The lowest BCUT2D eigenvalue weighted by molar-refractivity contribution is 0.0600. The lowest BCUT2D eigenvalue weighted by Gasteiger charge is -2.09. The topological polar surface area (TPSA) is 78.1 Å². The Morgan fingerprint density at radius 2 is 1.95 bits per heavy atom. The summed E-state index contributed by atoms with van der Waals surface area (Å²) < 4.78 is 30.6. The van der Waals surface area contributed by atoms with Crippen molar-refractivity contribution in [1.29, 1.82) is 0 Å². The Hall–Kier alpha value is -2.57. The monoisotopic (exact) mass is 279 g/mol. The number of anilines is 1. The maximum atomic E-state index is 13.2. The van der Waals surface area contributed by atoms with Crippen LogP contribution in [0.1, 0.15) is 16.1 Å². The van der Waals surface area contributed by atoms with Crippen molar-refractivity contribution in [1.82, 2.24) is 9.97 Å². The third kappa shape index (κ3) is 2.42. The van der Waals surface area contributed by atoms with Crippen LogP contribution in [-0.4, -0.2) is 23.0 Å². The molecule has 0 aliphatic heterocycles. The lowest BCUT2D eigenvalue weighted by atomic mass is 10.1. The standard InChI is InChI=1S/C13H11F2N3O2/c1-6-10(13(19)20-2)11(16)18-12(17-6)7-3-4-8(14)9(15)5-7/h3-5H,1-2H3,(H2,16,17,18). The molecule has 2 N–H and O–H groups in total. The molecule has 7 heteroatoms. The number of ether oxygens (including phenoxy) is 1. The summed E-state index contributed by atoms with van der Waals surface area (Å²) in [6.45, 7) is 1.55. The Morgan fingerprint density at radius 1 is 1.25 bits per heavy atom.